The number of nitrogens with one attached hydrogen (secondary N) is 1. The first kappa shape index (κ1) is 9.19. The second kappa shape index (κ2) is 4.87. The molecule has 68 valence electrons. The lowest BCUT2D eigenvalue weighted by Gasteiger charge is -2.16. The normalized spacial score (nSPS) is 10.9. The summed E-state index contributed by atoms with van der Waals surface area (Å²) in [5, 5.41) is 6.65. The summed E-state index contributed by atoms with van der Waals surface area (Å²) < 4.78 is 0. The van der Waals surface area contributed by atoms with Gasteiger partial charge in [-0.05, 0) is 13.1 Å². The third-order valence-corrected chi connectivity index (χ3v) is 2.02. The molecule has 0 saturated carbocycles. The second-order valence-corrected chi connectivity index (χ2v) is 2.71. The van der Waals surface area contributed by atoms with Gasteiger partial charge < -0.3 is 4.90 Å². The Bertz CT molecular complexity index is 191. The Morgan fingerprint density at radius 1 is 1.42 bits per heavy atom. The van der Waals surface area contributed by atoms with Crippen LogP contribution in [0.25, 0.3) is 0 Å². The molecule has 0 amide bonds. The van der Waals surface area contributed by atoms with Crippen molar-refractivity contribution in [1.29, 1.82) is 0 Å². The third kappa shape index (κ3) is 2.62. The van der Waals surface area contributed by atoms with E-state index in [1.54, 1.807) is 6.33 Å². The van der Waals surface area contributed by atoms with Crippen LogP contribution >= 0.6 is 0 Å². The van der Waals surface area contributed by atoms with Crippen LogP contribution in [0.4, 0.5) is 0 Å². The second-order valence-electron chi connectivity index (χ2n) is 2.71. The predicted octanol–water partition coefficient (Wildman–Crippen LogP) is 0.689. The van der Waals surface area contributed by atoms with Crippen LogP contribution in [-0.2, 0) is 6.42 Å². The SMILES string of the molecule is CCN(CC)CCc1ncn[nH]1. The highest BCUT2D eigenvalue weighted by atomic mass is 15.2. The molecule has 0 spiro atoms. The number of nitrogens with zero attached hydrogens (tertiary/aromatic N) is 3. The van der Waals surface area contributed by atoms with Gasteiger partial charge in [-0.1, -0.05) is 13.8 Å². The first-order valence-corrected chi connectivity index (χ1v) is 4.43. The molecule has 0 fully saturated rings. The zero-order valence-electron chi connectivity index (χ0n) is 7.75. The van der Waals surface area contributed by atoms with Gasteiger partial charge >= 0.3 is 0 Å². The molecule has 0 aliphatic heterocycles. The molecular formula is C8H16N4. The smallest absolute Gasteiger partial charge is 0.137 e. The average Bonchev–Trinajstić information content (AvgIpc) is 2.59. The summed E-state index contributed by atoms with van der Waals surface area (Å²) in [6, 6.07) is 0. The Hall–Kier alpha value is -0.900. The van der Waals surface area contributed by atoms with Crippen molar-refractivity contribution < 1.29 is 0 Å². The van der Waals surface area contributed by atoms with E-state index >= 15 is 0 Å². The molecule has 0 unspecified atom stereocenters. The minimum Gasteiger partial charge on any atom is -0.303 e. The first-order valence-electron chi connectivity index (χ1n) is 4.43. The summed E-state index contributed by atoms with van der Waals surface area (Å²) in [5.74, 6) is 0.974. The summed E-state index contributed by atoms with van der Waals surface area (Å²) in [7, 11) is 0. The fourth-order valence-corrected chi connectivity index (χ4v) is 1.16. The molecular weight excluding hydrogens is 152 g/mol. The van der Waals surface area contributed by atoms with E-state index in [-0.39, 0.29) is 0 Å². The zero-order valence-corrected chi connectivity index (χ0v) is 7.75. The topological polar surface area (TPSA) is 44.8 Å². The highest BCUT2D eigenvalue weighted by Gasteiger charge is 2.00. The molecule has 1 rings (SSSR count). The predicted molar refractivity (Wildman–Crippen MR) is 47.9 cm³/mol. The number of rotatable bonds is 5. The molecule has 12 heavy (non-hydrogen) atoms. The van der Waals surface area contributed by atoms with Gasteiger partial charge in [0.2, 0.25) is 0 Å². The molecule has 0 aliphatic carbocycles. The average molecular weight is 168 g/mol. The number of aromatic nitrogens is 3. The highest BCUT2D eigenvalue weighted by molar-refractivity contribution is 4.80. The van der Waals surface area contributed by atoms with Crippen molar-refractivity contribution in [3.05, 3.63) is 12.2 Å². The van der Waals surface area contributed by atoms with Gasteiger partial charge in [0.15, 0.2) is 0 Å². The van der Waals surface area contributed by atoms with Crippen LogP contribution in [0.1, 0.15) is 19.7 Å². The van der Waals surface area contributed by atoms with Gasteiger partial charge in [-0.25, -0.2) is 4.98 Å². The molecule has 0 atom stereocenters. The Labute approximate surface area is 73.0 Å². The minimum atomic E-state index is 0.960. The van der Waals surface area contributed by atoms with Crippen LogP contribution in [0, 0.1) is 0 Å². The van der Waals surface area contributed by atoms with Crippen LogP contribution in [0.5, 0.6) is 0 Å². The van der Waals surface area contributed by atoms with Crippen LogP contribution in [0.15, 0.2) is 6.33 Å². The van der Waals surface area contributed by atoms with Crippen molar-refractivity contribution in [2.75, 3.05) is 19.6 Å². The molecule has 0 aromatic carbocycles. The van der Waals surface area contributed by atoms with E-state index in [4.69, 9.17) is 0 Å². The molecule has 4 heteroatoms. The van der Waals surface area contributed by atoms with Crippen molar-refractivity contribution in [2.24, 2.45) is 0 Å². The Balaban J connectivity index is 2.25. The number of hydrogen-bond donors (Lipinski definition) is 1. The monoisotopic (exact) mass is 168 g/mol. The minimum absolute atomic E-state index is 0.960. The van der Waals surface area contributed by atoms with Crippen molar-refractivity contribution in [3.63, 3.8) is 0 Å². The zero-order chi connectivity index (χ0) is 8.81. The number of H-pyrrole nitrogens is 1. The van der Waals surface area contributed by atoms with Crippen LogP contribution in [0.2, 0.25) is 0 Å². The van der Waals surface area contributed by atoms with Gasteiger partial charge in [-0.2, -0.15) is 5.10 Å². The number of aromatic amines is 1. The fraction of sp³-hybridized carbons (Fsp3) is 0.750. The van der Waals surface area contributed by atoms with Crippen LogP contribution in [-0.4, -0.2) is 39.7 Å². The maximum atomic E-state index is 4.06. The number of likely N-dealkylation sites (N-methyl/N-ethyl adjacent to an activating group) is 1. The Kier molecular flexibility index (Phi) is 3.73. The standard InChI is InChI=1S/C8H16N4/c1-3-12(4-2)6-5-8-9-7-10-11-8/h7H,3-6H2,1-2H3,(H,9,10,11). The summed E-state index contributed by atoms with van der Waals surface area (Å²) in [4.78, 5) is 6.43. The molecule has 1 N–H and O–H groups in total. The van der Waals surface area contributed by atoms with Gasteiger partial charge in [-0.3, -0.25) is 5.10 Å². The third-order valence-electron chi connectivity index (χ3n) is 2.02. The maximum absolute atomic E-state index is 4.06. The van der Waals surface area contributed by atoms with E-state index in [1.165, 1.54) is 0 Å². The van der Waals surface area contributed by atoms with Crippen LogP contribution < -0.4 is 0 Å². The molecule has 0 aliphatic rings. The molecule has 0 bridgehead atoms. The lowest BCUT2D eigenvalue weighted by Crippen LogP contribution is -2.25. The van der Waals surface area contributed by atoms with E-state index in [0.717, 1.165) is 31.9 Å². The molecule has 1 heterocycles. The summed E-state index contributed by atoms with van der Waals surface area (Å²) in [6.45, 7) is 7.60. The molecule has 1 aromatic rings. The van der Waals surface area contributed by atoms with Crippen molar-refractivity contribution in [3.8, 4) is 0 Å². The highest BCUT2D eigenvalue weighted by Crippen LogP contribution is 1.92. The Morgan fingerprint density at radius 2 is 2.17 bits per heavy atom. The summed E-state index contributed by atoms with van der Waals surface area (Å²) in [5.41, 5.74) is 0. The first-order chi connectivity index (χ1) is 5.86. The Morgan fingerprint density at radius 3 is 2.67 bits per heavy atom. The molecule has 1 aromatic heterocycles. The van der Waals surface area contributed by atoms with Gasteiger partial charge in [0.05, 0.1) is 0 Å². The molecule has 4 nitrogen and oxygen atoms in total. The van der Waals surface area contributed by atoms with E-state index in [0.29, 0.717) is 0 Å². The van der Waals surface area contributed by atoms with Crippen molar-refractivity contribution in [2.45, 2.75) is 20.3 Å². The van der Waals surface area contributed by atoms with Gasteiger partial charge in [0.25, 0.3) is 0 Å². The van der Waals surface area contributed by atoms with E-state index < -0.39 is 0 Å². The summed E-state index contributed by atoms with van der Waals surface area (Å²) in [6.07, 6.45) is 2.51. The number of hydrogen-bond acceptors (Lipinski definition) is 3. The van der Waals surface area contributed by atoms with Crippen molar-refractivity contribution >= 4 is 0 Å². The van der Waals surface area contributed by atoms with Gasteiger partial charge in [-0.15, -0.1) is 0 Å². The van der Waals surface area contributed by atoms with Crippen LogP contribution in [0.3, 0.4) is 0 Å². The molecule has 0 saturated heterocycles. The van der Waals surface area contributed by atoms with E-state index in [2.05, 4.69) is 33.9 Å². The lowest BCUT2D eigenvalue weighted by molar-refractivity contribution is 0.306. The van der Waals surface area contributed by atoms with Gasteiger partial charge in [0, 0.05) is 13.0 Å². The van der Waals surface area contributed by atoms with Gasteiger partial charge in [0.1, 0.15) is 12.2 Å². The maximum Gasteiger partial charge on any atom is 0.137 e. The largest absolute Gasteiger partial charge is 0.303 e. The van der Waals surface area contributed by atoms with Crippen molar-refractivity contribution in [1.82, 2.24) is 20.1 Å². The quantitative estimate of drug-likeness (QED) is 0.703. The fourth-order valence-electron chi connectivity index (χ4n) is 1.16. The van der Waals surface area contributed by atoms with E-state index in [9.17, 15) is 0 Å². The van der Waals surface area contributed by atoms with E-state index in [1.807, 2.05) is 0 Å². The summed E-state index contributed by atoms with van der Waals surface area (Å²) >= 11 is 0. The molecule has 0 radical (unpaired) electrons. The lowest BCUT2D eigenvalue weighted by atomic mass is 10.3.